The van der Waals surface area contributed by atoms with E-state index in [1.807, 2.05) is 0 Å². The Bertz CT molecular complexity index is 448. The molecule has 1 atom stereocenters. The molecule has 0 spiro atoms. The van der Waals surface area contributed by atoms with Crippen LogP contribution in [0.3, 0.4) is 0 Å². The number of hydrogen-bond acceptors (Lipinski definition) is 6. The standard InChI is InChI=1S/C5H11NO3S.C4H6ClNO3/c1-4(6-7)5(2)10(3,8)9;1-6(4(8)9)3(7)2-5/h5,7H,1-3H3;2H2,1H3,(H,8,9)/b6-4+;. The van der Waals surface area contributed by atoms with Crippen LogP contribution in [-0.4, -0.2) is 65.8 Å². The fourth-order valence-electron chi connectivity index (χ4n) is 0.587. The molecule has 112 valence electrons. The second-order valence-electron chi connectivity index (χ2n) is 3.58. The third kappa shape index (κ3) is 8.38. The van der Waals surface area contributed by atoms with Crippen molar-refractivity contribution in [3.63, 3.8) is 0 Å². The highest BCUT2D eigenvalue weighted by Gasteiger charge is 2.17. The molecule has 0 rings (SSSR count). The quantitative estimate of drug-likeness (QED) is 0.340. The summed E-state index contributed by atoms with van der Waals surface area (Å²) in [4.78, 5) is 20.8. The summed E-state index contributed by atoms with van der Waals surface area (Å²) in [6, 6.07) is 0. The smallest absolute Gasteiger partial charge is 0.413 e. The van der Waals surface area contributed by atoms with Crippen molar-refractivity contribution >= 4 is 39.2 Å². The minimum atomic E-state index is -3.10. The molecule has 0 aliphatic rings. The molecule has 0 aliphatic carbocycles. The maximum Gasteiger partial charge on any atom is 0.413 e. The van der Waals surface area contributed by atoms with Gasteiger partial charge in [0, 0.05) is 13.3 Å². The largest absolute Gasteiger partial charge is 0.465 e. The van der Waals surface area contributed by atoms with Crippen molar-refractivity contribution in [2.24, 2.45) is 5.16 Å². The molecule has 0 aromatic carbocycles. The summed E-state index contributed by atoms with van der Waals surface area (Å²) in [6.45, 7) is 2.94. The molecule has 0 saturated heterocycles. The normalized spacial score (nSPS) is 13.0. The van der Waals surface area contributed by atoms with Gasteiger partial charge in [0.1, 0.15) is 5.88 Å². The molecule has 0 aromatic heterocycles. The maximum absolute atomic E-state index is 10.7. The van der Waals surface area contributed by atoms with E-state index < -0.39 is 27.1 Å². The lowest BCUT2D eigenvalue weighted by Crippen LogP contribution is -2.32. The Morgan fingerprint density at radius 1 is 1.42 bits per heavy atom. The van der Waals surface area contributed by atoms with Gasteiger partial charge in [-0.25, -0.2) is 18.1 Å². The molecule has 19 heavy (non-hydrogen) atoms. The number of carbonyl (C=O) groups excluding carboxylic acids is 1. The van der Waals surface area contributed by atoms with Crippen LogP contribution in [0.25, 0.3) is 0 Å². The van der Waals surface area contributed by atoms with Crippen molar-refractivity contribution in [3.8, 4) is 0 Å². The van der Waals surface area contributed by atoms with Crippen molar-refractivity contribution in [3.05, 3.63) is 0 Å². The number of alkyl halides is 1. The predicted molar refractivity (Wildman–Crippen MR) is 70.7 cm³/mol. The molecule has 0 aliphatic heterocycles. The van der Waals surface area contributed by atoms with Gasteiger partial charge in [-0.2, -0.15) is 0 Å². The van der Waals surface area contributed by atoms with E-state index >= 15 is 0 Å². The second kappa shape index (κ2) is 8.70. The number of carboxylic acid groups (broad SMARTS) is 1. The van der Waals surface area contributed by atoms with E-state index in [2.05, 4.69) is 5.16 Å². The second-order valence-corrected chi connectivity index (χ2v) is 6.22. The number of hydrogen-bond donors (Lipinski definition) is 2. The van der Waals surface area contributed by atoms with Crippen molar-refractivity contribution in [1.82, 2.24) is 4.90 Å². The number of nitrogens with zero attached hydrogens (tertiary/aromatic N) is 2. The summed E-state index contributed by atoms with van der Waals surface area (Å²) in [5.41, 5.74) is 0.211. The Kier molecular flexibility index (Phi) is 9.15. The lowest BCUT2D eigenvalue weighted by Gasteiger charge is -2.06. The first kappa shape index (κ1) is 20.0. The van der Waals surface area contributed by atoms with Gasteiger partial charge in [0.2, 0.25) is 5.91 Å². The monoisotopic (exact) mass is 316 g/mol. The summed E-state index contributed by atoms with van der Waals surface area (Å²) in [5, 5.41) is 18.4. The number of oxime groups is 1. The van der Waals surface area contributed by atoms with Crippen LogP contribution in [0.2, 0.25) is 0 Å². The van der Waals surface area contributed by atoms with Crippen molar-refractivity contribution in [1.29, 1.82) is 0 Å². The average Bonchev–Trinajstić information content (AvgIpc) is 2.34. The summed E-state index contributed by atoms with van der Waals surface area (Å²) < 4.78 is 21.5. The molecular weight excluding hydrogens is 300 g/mol. The van der Waals surface area contributed by atoms with Crippen molar-refractivity contribution in [2.45, 2.75) is 19.1 Å². The van der Waals surface area contributed by atoms with Crippen molar-refractivity contribution in [2.75, 3.05) is 19.2 Å². The van der Waals surface area contributed by atoms with E-state index in [1.165, 1.54) is 13.8 Å². The molecule has 2 N–H and O–H groups in total. The Morgan fingerprint density at radius 2 is 1.84 bits per heavy atom. The fraction of sp³-hybridized carbons (Fsp3) is 0.667. The van der Waals surface area contributed by atoms with E-state index in [1.54, 1.807) is 0 Å². The van der Waals surface area contributed by atoms with Crippen molar-refractivity contribution < 1.29 is 28.3 Å². The highest BCUT2D eigenvalue weighted by Crippen LogP contribution is 1.99. The van der Waals surface area contributed by atoms with Gasteiger partial charge in [-0.3, -0.25) is 4.79 Å². The van der Waals surface area contributed by atoms with Gasteiger partial charge in [0.15, 0.2) is 9.84 Å². The molecular formula is C9H17ClN2O6S. The Balaban J connectivity index is 0. The predicted octanol–water partition coefficient (Wildman–Crippen LogP) is 0.631. The van der Waals surface area contributed by atoms with Gasteiger partial charge in [-0.05, 0) is 13.8 Å². The lowest BCUT2D eigenvalue weighted by molar-refractivity contribution is -0.125. The van der Waals surface area contributed by atoms with Crippen LogP contribution < -0.4 is 0 Å². The Morgan fingerprint density at radius 3 is 1.95 bits per heavy atom. The van der Waals surface area contributed by atoms with Crippen LogP contribution in [0.15, 0.2) is 5.16 Å². The van der Waals surface area contributed by atoms with Gasteiger partial charge >= 0.3 is 6.09 Å². The number of carbonyl (C=O) groups is 2. The van der Waals surface area contributed by atoms with Crippen LogP contribution >= 0.6 is 11.6 Å². The molecule has 1 unspecified atom stereocenters. The molecule has 0 heterocycles. The van der Waals surface area contributed by atoms with Gasteiger partial charge in [0.05, 0.1) is 11.0 Å². The SMILES string of the molecule is C/C(=N\O)C(C)S(C)(=O)=O.CN(C(=O)O)C(=O)CCl. The van der Waals surface area contributed by atoms with Gasteiger partial charge in [-0.15, -0.1) is 11.6 Å². The first-order valence-corrected chi connectivity index (χ1v) is 7.40. The summed E-state index contributed by atoms with van der Waals surface area (Å²) >= 11 is 5.04. The summed E-state index contributed by atoms with van der Waals surface area (Å²) in [5.74, 6) is -0.924. The molecule has 10 heteroatoms. The summed E-state index contributed by atoms with van der Waals surface area (Å²) in [7, 11) is -1.96. The zero-order chi connectivity index (χ0) is 15.8. The minimum absolute atomic E-state index is 0.211. The first-order chi connectivity index (χ1) is 8.48. The number of rotatable bonds is 3. The number of amides is 2. The summed E-state index contributed by atoms with van der Waals surface area (Å²) in [6.07, 6.45) is -0.188. The van der Waals surface area contributed by atoms with E-state index in [0.29, 0.717) is 4.90 Å². The van der Waals surface area contributed by atoms with E-state index in [9.17, 15) is 18.0 Å². The van der Waals surface area contributed by atoms with Gasteiger partial charge in [-0.1, -0.05) is 5.16 Å². The first-order valence-electron chi connectivity index (χ1n) is 4.91. The van der Waals surface area contributed by atoms with Crippen LogP contribution in [0, 0.1) is 0 Å². The molecule has 0 bridgehead atoms. The minimum Gasteiger partial charge on any atom is -0.465 e. The Labute approximate surface area is 116 Å². The average molecular weight is 317 g/mol. The van der Waals surface area contributed by atoms with Crippen LogP contribution in [-0.2, 0) is 14.6 Å². The Hall–Kier alpha value is -1.35. The number of imide groups is 1. The number of sulfone groups is 1. The molecule has 2 amide bonds. The highest BCUT2D eigenvalue weighted by molar-refractivity contribution is 7.92. The molecule has 0 fully saturated rings. The van der Waals surface area contributed by atoms with Crippen LogP contribution in [0.5, 0.6) is 0 Å². The molecule has 0 saturated carbocycles. The zero-order valence-electron chi connectivity index (χ0n) is 11.0. The molecule has 0 radical (unpaired) electrons. The molecule has 8 nitrogen and oxygen atoms in total. The van der Waals surface area contributed by atoms with E-state index in [4.69, 9.17) is 21.9 Å². The van der Waals surface area contributed by atoms with Gasteiger partial charge in [0.25, 0.3) is 0 Å². The third-order valence-electron chi connectivity index (χ3n) is 2.16. The maximum atomic E-state index is 10.7. The van der Waals surface area contributed by atoms with Gasteiger partial charge < -0.3 is 10.3 Å². The zero-order valence-corrected chi connectivity index (χ0v) is 12.6. The van der Waals surface area contributed by atoms with E-state index in [-0.39, 0.29) is 11.6 Å². The lowest BCUT2D eigenvalue weighted by atomic mass is 10.3. The molecule has 0 aromatic rings. The van der Waals surface area contributed by atoms with Crippen LogP contribution in [0.4, 0.5) is 4.79 Å². The highest BCUT2D eigenvalue weighted by atomic mass is 35.5. The number of halogens is 1. The van der Waals surface area contributed by atoms with E-state index in [0.717, 1.165) is 13.3 Å². The third-order valence-corrected chi connectivity index (χ3v) is 4.02. The van der Waals surface area contributed by atoms with Crippen LogP contribution in [0.1, 0.15) is 13.8 Å². The fourth-order valence-corrected chi connectivity index (χ4v) is 1.43. The topological polar surface area (TPSA) is 124 Å².